The molecule has 0 radical (unpaired) electrons. The minimum Gasteiger partial charge on any atom is -0.450 e. The third-order valence-electron chi connectivity index (χ3n) is 3.28. The van der Waals surface area contributed by atoms with Crippen LogP contribution in [0.3, 0.4) is 0 Å². The van der Waals surface area contributed by atoms with Crippen LogP contribution in [0.15, 0.2) is 23.8 Å². The second kappa shape index (κ2) is 8.76. The molecular weight excluding hydrogens is 258 g/mol. The zero-order valence-corrected chi connectivity index (χ0v) is 12.5. The molecule has 0 saturated carbocycles. The summed E-state index contributed by atoms with van der Waals surface area (Å²) in [7, 11) is 1.59. The fourth-order valence-electron chi connectivity index (χ4n) is 2.10. The third kappa shape index (κ3) is 5.75. The topological polar surface area (TPSA) is 67.8 Å². The van der Waals surface area contributed by atoms with E-state index in [1.54, 1.807) is 7.11 Å². The molecule has 5 nitrogen and oxygen atoms in total. The molecule has 5 heteroatoms. The van der Waals surface area contributed by atoms with Gasteiger partial charge in [0.2, 0.25) is 0 Å². The van der Waals surface area contributed by atoms with E-state index in [9.17, 15) is 9.90 Å². The van der Waals surface area contributed by atoms with Crippen LogP contribution in [0.25, 0.3) is 0 Å². The highest BCUT2D eigenvalue weighted by atomic mass is 16.5. The highest BCUT2D eigenvalue weighted by Gasteiger charge is 2.21. The van der Waals surface area contributed by atoms with E-state index in [1.165, 1.54) is 0 Å². The lowest BCUT2D eigenvalue weighted by atomic mass is 9.96. The van der Waals surface area contributed by atoms with E-state index in [0.29, 0.717) is 13.2 Å². The van der Waals surface area contributed by atoms with Crippen LogP contribution in [0, 0.1) is 5.92 Å². The van der Waals surface area contributed by atoms with Crippen molar-refractivity contribution in [3.8, 4) is 0 Å². The van der Waals surface area contributed by atoms with Crippen LogP contribution in [0.2, 0.25) is 0 Å². The number of hydrogen-bond donors (Lipinski definition) is 2. The first-order chi connectivity index (χ1) is 9.54. The van der Waals surface area contributed by atoms with Crippen LogP contribution in [0.5, 0.6) is 0 Å². The summed E-state index contributed by atoms with van der Waals surface area (Å²) < 4.78 is 10.4. The number of hydrogen-bond acceptors (Lipinski definition) is 4. The number of ether oxygens (including phenoxy) is 2. The Morgan fingerprint density at radius 1 is 1.50 bits per heavy atom. The molecule has 1 rings (SSSR count). The number of alkyl carbamates (subject to hydrolysis) is 1. The van der Waals surface area contributed by atoms with Gasteiger partial charge in [0, 0.05) is 19.6 Å². The first-order valence-corrected chi connectivity index (χ1v) is 7.00. The molecule has 0 fully saturated rings. The number of nitrogens with one attached hydrogen (secondary N) is 1. The molecule has 0 aromatic carbocycles. The second-order valence-corrected chi connectivity index (χ2v) is 5.12. The normalized spacial score (nSPS) is 31.5. The van der Waals surface area contributed by atoms with Crippen molar-refractivity contribution in [1.29, 1.82) is 0 Å². The minimum atomic E-state index is -0.610. The molecule has 20 heavy (non-hydrogen) atoms. The van der Waals surface area contributed by atoms with Gasteiger partial charge >= 0.3 is 6.09 Å². The van der Waals surface area contributed by atoms with Crippen molar-refractivity contribution < 1.29 is 19.4 Å². The van der Waals surface area contributed by atoms with Crippen molar-refractivity contribution in [2.24, 2.45) is 5.92 Å². The lowest BCUT2D eigenvalue weighted by Gasteiger charge is -2.23. The number of rotatable bonds is 1. The van der Waals surface area contributed by atoms with Crippen LogP contribution >= 0.6 is 0 Å². The van der Waals surface area contributed by atoms with Crippen LogP contribution in [-0.2, 0) is 9.47 Å². The molecule has 0 bridgehead atoms. The van der Waals surface area contributed by atoms with E-state index in [2.05, 4.69) is 5.32 Å². The van der Waals surface area contributed by atoms with Crippen molar-refractivity contribution in [3.05, 3.63) is 23.8 Å². The first kappa shape index (κ1) is 16.7. The van der Waals surface area contributed by atoms with E-state index in [4.69, 9.17) is 9.47 Å². The van der Waals surface area contributed by atoms with Gasteiger partial charge in [-0.3, -0.25) is 0 Å². The molecule has 1 heterocycles. The molecule has 114 valence electrons. The predicted molar refractivity (Wildman–Crippen MR) is 77.4 cm³/mol. The number of methoxy groups -OCH3 is 1. The smallest absolute Gasteiger partial charge is 0.407 e. The maximum Gasteiger partial charge on any atom is 0.407 e. The van der Waals surface area contributed by atoms with Crippen molar-refractivity contribution in [3.63, 3.8) is 0 Å². The average molecular weight is 283 g/mol. The Labute approximate surface area is 120 Å². The summed E-state index contributed by atoms with van der Waals surface area (Å²) in [5.74, 6) is -0.0645. The SMILES string of the molecule is COC1/C=C/CCCOC(=O)NCC(C)=CC(C)C1O. The van der Waals surface area contributed by atoms with Crippen molar-refractivity contribution in [1.82, 2.24) is 5.32 Å². The Bertz CT molecular complexity index is 365. The van der Waals surface area contributed by atoms with E-state index in [-0.39, 0.29) is 12.0 Å². The van der Waals surface area contributed by atoms with Crippen LogP contribution in [0.4, 0.5) is 4.79 Å². The van der Waals surface area contributed by atoms with Gasteiger partial charge in [-0.25, -0.2) is 4.79 Å². The van der Waals surface area contributed by atoms with Gasteiger partial charge in [0.25, 0.3) is 0 Å². The van der Waals surface area contributed by atoms with Crippen LogP contribution in [0.1, 0.15) is 26.7 Å². The van der Waals surface area contributed by atoms with Crippen molar-refractivity contribution in [2.75, 3.05) is 20.3 Å². The van der Waals surface area contributed by atoms with E-state index >= 15 is 0 Å². The quantitative estimate of drug-likeness (QED) is 0.722. The molecule has 3 unspecified atom stereocenters. The molecule has 0 aromatic rings. The number of carbonyl (C=O) groups is 1. The van der Waals surface area contributed by atoms with E-state index in [1.807, 2.05) is 32.1 Å². The van der Waals surface area contributed by atoms with Gasteiger partial charge in [0.15, 0.2) is 0 Å². The van der Waals surface area contributed by atoms with E-state index in [0.717, 1.165) is 18.4 Å². The van der Waals surface area contributed by atoms with E-state index < -0.39 is 12.2 Å². The highest BCUT2D eigenvalue weighted by Crippen LogP contribution is 2.15. The summed E-state index contributed by atoms with van der Waals surface area (Å²) in [4.78, 5) is 11.4. The van der Waals surface area contributed by atoms with Gasteiger partial charge in [-0.05, 0) is 19.8 Å². The molecule has 1 amide bonds. The summed E-state index contributed by atoms with van der Waals surface area (Å²) in [5, 5.41) is 13.0. The Morgan fingerprint density at radius 2 is 2.25 bits per heavy atom. The number of amides is 1. The number of aliphatic hydroxyl groups is 1. The summed E-state index contributed by atoms with van der Waals surface area (Å²) >= 11 is 0. The Morgan fingerprint density at radius 3 is 2.95 bits per heavy atom. The lowest BCUT2D eigenvalue weighted by Crippen LogP contribution is -2.32. The van der Waals surface area contributed by atoms with Crippen LogP contribution < -0.4 is 5.32 Å². The Balaban J connectivity index is 2.78. The second-order valence-electron chi connectivity index (χ2n) is 5.12. The molecule has 3 atom stereocenters. The summed E-state index contributed by atoms with van der Waals surface area (Å²) in [6.45, 7) is 4.64. The molecule has 1 aliphatic heterocycles. The number of aliphatic hydroxyl groups excluding tert-OH is 1. The van der Waals surface area contributed by atoms with Gasteiger partial charge in [0.1, 0.15) is 6.10 Å². The largest absolute Gasteiger partial charge is 0.450 e. The molecule has 1 aliphatic rings. The fraction of sp³-hybridized carbons (Fsp3) is 0.667. The molecular formula is C15H25NO4. The Kier molecular flexibility index (Phi) is 7.33. The van der Waals surface area contributed by atoms with Gasteiger partial charge in [-0.2, -0.15) is 0 Å². The lowest BCUT2D eigenvalue weighted by molar-refractivity contribution is -0.00188. The maximum atomic E-state index is 11.4. The predicted octanol–water partition coefficient (Wildman–Crippen LogP) is 2.02. The molecule has 0 aliphatic carbocycles. The van der Waals surface area contributed by atoms with Crippen LogP contribution in [-0.4, -0.2) is 43.7 Å². The molecule has 2 N–H and O–H groups in total. The summed E-state index contributed by atoms with van der Waals surface area (Å²) in [6.07, 6.45) is 5.96. The zero-order valence-electron chi connectivity index (χ0n) is 12.5. The monoisotopic (exact) mass is 283 g/mol. The standard InChI is InChI=1S/C15H25NO4/c1-11-9-12(2)14(17)13(19-3)7-5-4-6-8-20-15(18)16-10-11/h5,7,9,12-14,17H,4,6,8,10H2,1-3H3,(H,16,18)/b7-5+,11-9?. The minimum absolute atomic E-state index is 0.0645. The summed E-state index contributed by atoms with van der Waals surface area (Å²) in [6, 6.07) is 0. The zero-order chi connectivity index (χ0) is 15.0. The van der Waals surface area contributed by atoms with Crippen molar-refractivity contribution in [2.45, 2.75) is 38.9 Å². The third-order valence-corrected chi connectivity index (χ3v) is 3.28. The molecule has 0 saturated heterocycles. The number of allylic oxidation sites excluding steroid dienone is 1. The highest BCUT2D eigenvalue weighted by molar-refractivity contribution is 5.67. The van der Waals surface area contributed by atoms with Gasteiger partial charge in [-0.1, -0.05) is 30.7 Å². The molecule has 0 aromatic heterocycles. The fourth-order valence-corrected chi connectivity index (χ4v) is 2.10. The number of cyclic esters (lactones) is 1. The Hall–Kier alpha value is -1.33. The average Bonchev–Trinajstić information content (AvgIpc) is 2.43. The van der Waals surface area contributed by atoms with Gasteiger partial charge < -0.3 is 19.9 Å². The number of carbonyl (C=O) groups excluding carboxylic acids is 1. The summed E-state index contributed by atoms with van der Waals surface area (Å²) in [5.41, 5.74) is 0.976. The molecule has 0 spiro atoms. The first-order valence-electron chi connectivity index (χ1n) is 7.00. The van der Waals surface area contributed by atoms with Crippen molar-refractivity contribution >= 4 is 6.09 Å². The van der Waals surface area contributed by atoms with Gasteiger partial charge in [-0.15, -0.1) is 0 Å². The maximum absolute atomic E-state index is 11.4. The van der Waals surface area contributed by atoms with Gasteiger partial charge in [0.05, 0.1) is 12.7 Å².